The number of hydrogen-bond acceptors (Lipinski definition) is 7. The molecule has 1 aliphatic rings. The van der Waals surface area contributed by atoms with E-state index in [0.717, 1.165) is 42.4 Å². The Morgan fingerprint density at radius 2 is 1.65 bits per heavy atom. The highest BCUT2D eigenvalue weighted by Gasteiger charge is 2.31. The fourth-order valence-electron chi connectivity index (χ4n) is 4.51. The SMILES string of the molecule is C[C@H](C(=O)OCc1ccccc1)c1ccc(C[C@H]2CCC[C@@H]2OC(=O)Oc2ccc([N+](=O)[O-])cc2)cc1. The lowest BCUT2D eigenvalue weighted by molar-refractivity contribution is -0.384. The third-order valence-electron chi connectivity index (χ3n) is 6.64. The standard InChI is InChI=1S/C29H29NO7/c1-20(28(31)35-19-22-6-3-2-4-7-22)23-12-10-21(11-13-23)18-24-8-5-9-27(24)37-29(32)36-26-16-14-25(15-17-26)30(33)34/h2-4,6-7,10-17,20,24,27H,5,8-9,18-19H2,1H3/t20-,24+,27-/m0/s1. The van der Waals surface area contributed by atoms with Gasteiger partial charge in [-0.15, -0.1) is 0 Å². The van der Waals surface area contributed by atoms with Crippen LogP contribution in [-0.4, -0.2) is 23.2 Å². The van der Waals surface area contributed by atoms with E-state index >= 15 is 0 Å². The summed E-state index contributed by atoms with van der Waals surface area (Å²) < 4.78 is 16.2. The number of esters is 1. The van der Waals surface area contributed by atoms with Crippen molar-refractivity contribution in [3.05, 3.63) is 106 Å². The van der Waals surface area contributed by atoms with Gasteiger partial charge in [-0.05, 0) is 61.4 Å². The highest BCUT2D eigenvalue weighted by molar-refractivity contribution is 5.77. The van der Waals surface area contributed by atoms with E-state index in [4.69, 9.17) is 14.2 Å². The van der Waals surface area contributed by atoms with Crippen LogP contribution in [0.25, 0.3) is 0 Å². The van der Waals surface area contributed by atoms with Crippen molar-refractivity contribution in [2.24, 2.45) is 5.92 Å². The molecule has 0 unspecified atom stereocenters. The van der Waals surface area contributed by atoms with Gasteiger partial charge in [-0.3, -0.25) is 14.9 Å². The molecule has 0 radical (unpaired) electrons. The molecule has 8 heteroatoms. The second-order valence-corrected chi connectivity index (χ2v) is 9.21. The minimum atomic E-state index is -0.816. The van der Waals surface area contributed by atoms with E-state index in [1.807, 2.05) is 61.5 Å². The van der Waals surface area contributed by atoms with Gasteiger partial charge in [0.25, 0.3) is 5.69 Å². The minimum Gasteiger partial charge on any atom is -0.460 e. The number of nitro benzene ring substituents is 1. The second-order valence-electron chi connectivity index (χ2n) is 9.21. The summed E-state index contributed by atoms with van der Waals surface area (Å²) in [7, 11) is 0. The fourth-order valence-corrected chi connectivity index (χ4v) is 4.51. The molecular formula is C29H29NO7. The largest absolute Gasteiger partial charge is 0.514 e. The first kappa shape index (κ1) is 25.9. The third-order valence-corrected chi connectivity index (χ3v) is 6.64. The zero-order chi connectivity index (χ0) is 26.2. The van der Waals surface area contributed by atoms with Crippen molar-refractivity contribution in [3.63, 3.8) is 0 Å². The van der Waals surface area contributed by atoms with Gasteiger partial charge in [-0.2, -0.15) is 0 Å². The summed E-state index contributed by atoms with van der Waals surface area (Å²) in [5, 5.41) is 10.8. The van der Waals surface area contributed by atoms with E-state index < -0.39 is 11.1 Å². The number of nitrogens with zero attached hydrogens (tertiary/aromatic N) is 1. The first-order valence-electron chi connectivity index (χ1n) is 12.3. The zero-order valence-corrected chi connectivity index (χ0v) is 20.6. The quantitative estimate of drug-likeness (QED) is 0.145. The number of carbonyl (C=O) groups is 2. The Labute approximate surface area is 215 Å². The van der Waals surface area contributed by atoms with Crippen LogP contribution in [0.4, 0.5) is 10.5 Å². The van der Waals surface area contributed by atoms with E-state index in [2.05, 4.69) is 0 Å². The first-order valence-corrected chi connectivity index (χ1v) is 12.3. The summed E-state index contributed by atoms with van der Waals surface area (Å²) >= 11 is 0. The van der Waals surface area contributed by atoms with E-state index in [0.29, 0.717) is 0 Å². The molecule has 0 bridgehead atoms. The van der Waals surface area contributed by atoms with Crippen molar-refractivity contribution in [2.75, 3.05) is 0 Å². The maximum Gasteiger partial charge on any atom is 0.514 e. The lowest BCUT2D eigenvalue weighted by atomic mass is 9.93. The molecule has 0 aromatic heterocycles. The van der Waals surface area contributed by atoms with Gasteiger partial charge in [0.2, 0.25) is 0 Å². The lowest BCUT2D eigenvalue weighted by Crippen LogP contribution is -2.25. The lowest BCUT2D eigenvalue weighted by Gasteiger charge is -2.20. The van der Waals surface area contributed by atoms with Gasteiger partial charge in [-0.25, -0.2) is 4.79 Å². The summed E-state index contributed by atoms with van der Waals surface area (Å²) in [5.41, 5.74) is 2.84. The van der Waals surface area contributed by atoms with Gasteiger partial charge in [0.1, 0.15) is 18.5 Å². The Balaban J connectivity index is 1.27. The molecule has 3 aromatic carbocycles. The molecule has 0 heterocycles. The molecule has 0 aliphatic heterocycles. The molecule has 3 atom stereocenters. The smallest absolute Gasteiger partial charge is 0.460 e. The molecule has 1 fully saturated rings. The van der Waals surface area contributed by atoms with Gasteiger partial charge >= 0.3 is 12.1 Å². The number of non-ortho nitro benzene ring substituents is 1. The van der Waals surface area contributed by atoms with Crippen molar-refractivity contribution in [3.8, 4) is 5.75 Å². The molecule has 4 rings (SSSR count). The second kappa shape index (κ2) is 12.2. The van der Waals surface area contributed by atoms with Gasteiger partial charge in [0.05, 0.1) is 10.8 Å². The Kier molecular flexibility index (Phi) is 8.51. The summed E-state index contributed by atoms with van der Waals surface area (Å²) in [6, 6.07) is 22.7. The number of carbonyl (C=O) groups excluding carboxylic acids is 2. The maximum atomic E-state index is 12.5. The molecule has 0 amide bonds. The van der Waals surface area contributed by atoms with Gasteiger partial charge in [-0.1, -0.05) is 54.6 Å². The molecule has 1 saturated carbocycles. The van der Waals surface area contributed by atoms with E-state index in [1.165, 1.54) is 24.3 Å². The van der Waals surface area contributed by atoms with E-state index in [9.17, 15) is 19.7 Å². The monoisotopic (exact) mass is 503 g/mol. The van der Waals surface area contributed by atoms with Crippen LogP contribution in [0.2, 0.25) is 0 Å². The van der Waals surface area contributed by atoms with Crippen LogP contribution in [0, 0.1) is 16.0 Å². The topological polar surface area (TPSA) is 105 Å². The van der Waals surface area contributed by atoms with Gasteiger partial charge in [0, 0.05) is 18.1 Å². The highest BCUT2D eigenvalue weighted by atomic mass is 16.7. The molecule has 0 N–H and O–H groups in total. The molecule has 1 aliphatic carbocycles. The number of rotatable bonds is 9. The third kappa shape index (κ3) is 7.16. The summed E-state index contributed by atoms with van der Waals surface area (Å²) in [6.07, 6.45) is 2.29. The van der Waals surface area contributed by atoms with E-state index in [-0.39, 0.29) is 42.0 Å². The van der Waals surface area contributed by atoms with Crippen LogP contribution in [0.3, 0.4) is 0 Å². The Hall–Kier alpha value is -4.20. The molecule has 3 aromatic rings. The normalized spacial score (nSPS) is 17.5. The van der Waals surface area contributed by atoms with Crippen molar-refractivity contribution < 1.29 is 28.7 Å². The Bertz CT molecular complexity index is 1210. The summed E-state index contributed by atoms with van der Waals surface area (Å²) in [4.78, 5) is 35.0. The molecule has 0 spiro atoms. The summed E-state index contributed by atoms with van der Waals surface area (Å²) in [5.74, 6) is -0.303. The van der Waals surface area contributed by atoms with E-state index in [1.54, 1.807) is 0 Å². The van der Waals surface area contributed by atoms with Crippen LogP contribution < -0.4 is 4.74 Å². The zero-order valence-electron chi connectivity index (χ0n) is 20.6. The van der Waals surface area contributed by atoms with Crippen molar-refractivity contribution in [1.29, 1.82) is 0 Å². The average Bonchev–Trinajstić information content (AvgIpc) is 3.34. The molecule has 37 heavy (non-hydrogen) atoms. The molecule has 8 nitrogen and oxygen atoms in total. The van der Waals surface area contributed by atoms with Crippen LogP contribution in [0.5, 0.6) is 5.75 Å². The molecular weight excluding hydrogens is 474 g/mol. The van der Waals surface area contributed by atoms with Gasteiger partial charge in [0.15, 0.2) is 0 Å². The number of nitro groups is 1. The predicted octanol–water partition coefficient (Wildman–Crippen LogP) is 6.37. The predicted molar refractivity (Wildman–Crippen MR) is 136 cm³/mol. The van der Waals surface area contributed by atoms with Crippen LogP contribution in [0.15, 0.2) is 78.9 Å². The van der Waals surface area contributed by atoms with Crippen molar-refractivity contribution in [1.82, 2.24) is 0 Å². The van der Waals surface area contributed by atoms with Crippen LogP contribution in [-0.2, 0) is 27.3 Å². The Morgan fingerprint density at radius 1 is 0.946 bits per heavy atom. The van der Waals surface area contributed by atoms with Crippen molar-refractivity contribution >= 4 is 17.8 Å². The highest BCUT2D eigenvalue weighted by Crippen LogP contribution is 2.32. The number of hydrogen-bond donors (Lipinski definition) is 0. The number of ether oxygens (including phenoxy) is 3. The molecule has 0 saturated heterocycles. The summed E-state index contributed by atoms with van der Waals surface area (Å²) in [6.45, 7) is 2.08. The van der Waals surface area contributed by atoms with Crippen LogP contribution in [0.1, 0.15) is 48.8 Å². The van der Waals surface area contributed by atoms with Gasteiger partial charge < -0.3 is 14.2 Å². The first-order chi connectivity index (χ1) is 17.9. The van der Waals surface area contributed by atoms with Crippen molar-refractivity contribution in [2.45, 2.75) is 51.2 Å². The average molecular weight is 504 g/mol. The molecule has 192 valence electrons. The maximum absolute atomic E-state index is 12.5. The minimum absolute atomic E-state index is 0.0823. The number of benzene rings is 3. The fraction of sp³-hybridized carbons (Fsp3) is 0.310. The van der Waals surface area contributed by atoms with Crippen LogP contribution >= 0.6 is 0 Å². The Morgan fingerprint density at radius 3 is 2.32 bits per heavy atom.